The van der Waals surface area contributed by atoms with Gasteiger partial charge in [-0.15, -0.1) is 16.4 Å². The minimum atomic E-state index is -0.447. The van der Waals surface area contributed by atoms with E-state index < -0.39 is 5.97 Å². The quantitative estimate of drug-likeness (QED) is 0.250. The molecule has 0 bridgehead atoms. The van der Waals surface area contributed by atoms with E-state index in [0.29, 0.717) is 27.0 Å². The summed E-state index contributed by atoms with van der Waals surface area (Å²) in [4.78, 5) is 28.5. The molecule has 0 aliphatic rings. The smallest absolute Gasteiger partial charge is 0.308 e. The van der Waals surface area contributed by atoms with Crippen molar-refractivity contribution >= 4 is 51.8 Å². The Kier molecular flexibility index (Phi) is 6.20. The highest BCUT2D eigenvalue weighted by atomic mass is 35.5. The summed E-state index contributed by atoms with van der Waals surface area (Å²) in [7, 11) is 1.47. The standard InChI is InChI=1S/C22H17ClN4O4S/c1-13(28)31-18-9-3-14(11-19(18)30-2)4-10-20(29)24-21-25-22-27(26-21)17(12-32-22)15-5-7-16(23)8-6-15/h3-12H,1-2H3,(H,24,26,29)/b10-4+. The number of ether oxygens (including phenoxy) is 2. The molecule has 4 aromatic rings. The Hall–Kier alpha value is -3.69. The zero-order valence-electron chi connectivity index (χ0n) is 17.0. The highest BCUT2D eigenvalue weighted by Gasteiger charge is 2.13. The monoisotopic (exact) mass is 468 g/mol. The SMILES string of the molecule is COc1cc(/C=C/C(=O)Nc2nc3scc(-c4ccc(Cl)cc4)n3n2)ccc1OC(C)=O. The molecule has 0 aliphatic heterocycles. The molecule has 0 atom stereocenters. The van der Waals surface area contributed by atoms with Gasteiger partial charge < -0.3 is 9.47 Å². The van der Waals surface area contributed by atoms with Crippen molar-refractivity contribution in [1.29, 1.82) is 0 Å². The van der Waals surface area contributed by atoms with E-state index >= 15 is 0 Å². The van der Waals surface area contributed by atoms with Crippen LogP contribution in [0.15, 0.2) is 53.9 Å². The van der Waals surface area contributed by atoms with Crippen molar-refractivity contribution in [1.82, 2.24) is 14.6 Å². The summed E-state index contributed by atoms with van der Waals surface area (Å²) in [6, 6.07) is 12.4. The largest absolute Gasteiger partial charge is 0.493 e. The lowest BCUT2D eigenvalue weighted by atomic mass is 10.2. The van der Waals surface area contributed by atoms with Gasteiger partial charge in [-0.25, -0.2) is 4.52 Å². The predicted octanol–water partition coefficient (Wildman–Crippen LogP) is 4.70. The maximum absolute atomic E-state index is 12.3. The Balaban J connectivity index is 1.48. The zero-order chi connectivity index (χ0) is 22.7. The number of methoxy groups -OCH3 is 1. The van der Waals surface area contributed by atoms with E-state index in [1.54, 1.807) is 40.9 Å². The third-order valence-corrected chi connectivity index (χ3v) is 5.39. The van der Waals surface area contributed by atoms with Crippen LogP contribution in [0, 0.1) is 0 Å². The fraction of sp³-hybridized carbons (Fsp3) is 0.0909. The summed E-state index contributed by atoms with van der Waals surface area (Å²) in [6.07, 6.45) is 2.96. The highest BCUT2D eigenvalue weighted by molar-refractivity contribution is 7.15. The van der Waals surface area contributed by atoms with Crippen molar-refractivity contribution in [3.8, 4) is 22.8 Å². The van der Waals surface area contributed by atoms with Crippen molar-refractivity contribution in [2.24, 2.45) is 0 Å². The van der Waals surface area contributed by atoms with Gasteiger partial charge in [0.2, 0.25) is 4.96 Å². The lowest BCUT2D eigenvalue weighted by Gasteiger charge is -2.08. The molecular formula is C22H17ClN4O4S. The summed E-state index contributed by atoms with van der Waals surface area (Å²) in [6.45, 7) is 1.31. The number of benzene rings is 2. The van der Waals surface area contributed by atoms with E-state index in [9.17, 15) is 9.59 Å². The molecule has 10 heteroatoms. The van der Waals surface area contributed by atoms with Crippen LogP contribution in [0.2, 0.25) is 5.02 Å². The maximum atomic E-state index is 12.3. The van der Waals surface area contributed by atoms with Crippen LogP contribution in [0.5, 0.6) is 11.5 Å². The van der Waals surface area contributed by atoms with Crippen LogP contribution in [-0.4, -0.2) is 33.6 Å². The third-order valence-electron chi connectivity index (χ3n) is 4.33. The van der Waals surface area contributed by atoms with Gasteiger partial charge in [-0.2, -0.15) is 4.98 Å². The number of halogens is 1. The summed E-state index contributed by atoms with van der Waals surface area (Å²) in [5.74, 6) is 0.0513. The molecule has 4 rings (SSSR count). The highest BCUT2D eigenvalue weighted by Crippen LogP contribution is 2.29. The van der Waals surface area contributed by atoms with Crippen LogP contribution >= 0.6 is 22.9 Å². The first kappa shape index (κ1) is 21.5. The van der Waals surface area contributed by atoms with E-state index in [-0.39, 0.29) is 11.9 Å². The molecule has 0 saturated carbocycles. The molecule has 2 heterocycles. The second kappa shape index (κ2) is 9.21. The van der Waals surface area contributed by atoms with E-state index in [2.05, 4.69) is 15.4 Å². The number of rotatable bonds is 6. The van der Waals surface area contributed by atoms with Gasteiger partial charge in [-0.05, 0) is 35.9 Å². The molecule has 162 valence electrons. The topological polar surface area (TPSA) is 94.8 Å². The van der Waals surface area contributed by atoms with Gasteiger partial charge in [0.1, 0.15) is 0 Å². The Morgan fingerprint density at radius 1 is 1.16 bits per heavy atom. The normalized spacial score (nSPS) is 11.1. The van der Waals surface area contributed by atoms with Gasteiger partial charge in [0.05, 0.1) is 12.8 Å². The summed E-state index contributed by atoms with van der Waals surface area (Å²) >= 11 is 7.38. The van der Waals surface area contributed by atoms with Crippen molar-refractivity contribution < 1.29 is 19.1 Å². The molecule has 0 spiro atoms. The number of fused-ring (bicyclic) bond motifs is 1. The van der Waals surface area contributed by atoms with E-state index in [4.69, 9.17) is 21.1 Å². The van der Waals surface area contributed by atoms with Crippen molar-refractivity contribution in [3.63, 3.8) is 0 Å². The molecule has 8 nitrogen and oxygen atoms in total. The number of nitrogens with one attached hydrogen (secondary N) is 1. The van der Waals surface area contributed by atoms with Gasteiger partial charge in [0.15, 0.2) is 11.5 Å². The van der Waals surface area contributed by atoms with Crippen molar-refractivity contribution in [2.75, 3.05) is 12.4 Å². The lowest BCUT2D eigenvalue weighted by Crippen LogP contribution is -2.09. The number of amides is 1. The second-order valence-electron chi connectivity index (χ2n) is 6.58. The number of hydrogen-bond donors (Lipinski definition) is 1. The number of carbonyl (C=O) groups excluding carboxylic acids is 2. The molecule has 0 saturated heterocycles. The molecule has 0 fully saturated rings. The molecule has 2 aromatic carbocycles. The Morgan fingerprint density at radius 2 is 1.94 bits per heavy atom. The predicted molar refractivity (Wildman–Crippen MR) is 123 cm³/mol. The Labute approximate surface area is 192 Å². The summed E-state index contributed by atoms with van der Waals surface area (Å²) in [5, 5.41) is 9.63. The fourth-order valence-electron chi connectivity index (χ4n) is 2.90. The number of esters is 1. The average molecular weight is 469 g/mol. The maximum Gasteiger partial charge on any atom is 0.308 e. The van der Waals surface area contributed by atoms with Crippen LogP contribution in [0.4, 0.5) is 5.95 Å². The molecule has 0 radical (unpaired) electrons. The average Bonchev–Trinajstić information content (AvgIpc) is 3.33. The number of thiazole rings is 1. The van der Waals surface area contributed by atoms with Crippen LogP contribution < -0.4 is 14.8 Å². The van der Waals surface area contributed by atoms with Gasteiger partial charge in [0.25, 0.3) is 11.9 Å². The lowest BCUT2D eigenvalue weighted by molar-refractivity contribution is -0.132. The summed E-state index contributed by atoms with van der Waals surface area (Å²) in [5.41, 5.74) is 2.48. The van der Waals surface area contributed by atoms with Crippen LogP contribution in [0.1, 0.15) is 12.5 Å². The van der Waals surface area contributed by atoms with Gasteiger partial charge >= 0.3 is 5.97 Å². The van der Waals surface area contributed by atoms with Crippen LogP contribution in [0.25, 0.3) is 22.3 Å². The number of nitrogens with zero attached hydrogens (tertiary/aromatic N) is 3. The third kappa shape index (κ3) is 4.79. The van der Waals surface area contributed by atoms with Crippen molar-refractivity contribution in [3.05, 3.63) is 64.5 Å². The van der Waals surface area contributed by atoms with Crippen molar-refractivity contribution in [2.45, 2.75) is 6.92 Å². The molecule has 32 heavy (non-hydrogen) atoms. The van der Waals surface area contributed by atoms with Gasteiger partial charge in [0, 0.05) is 29.0 Å². The van der Waals surface area contributed by atoms with Gasteiger partial charge in [-0.3, -0.25) is 14.9 Å². The van der Waals surface area contributed by atoms with E-state index in [1.165, 1.54) is 31.4 Å². The first-order valence-corrected chi connectivity index (χ1v) is 10.6. The number of aromatic nitrogens is 3. The van der Waals surface area contributed by atoms with Crippen LogP contribution in [0.3, 0.4) is 0 Å². The van der Waals surface area contributed by atoms with E-state index in [0.717, 1.165) is 11.3 Å². The Morgan fingerprint density at radius 3 is 2.66 bits per heavy atom. The summed E-state index contributed by atoms with van der Waals surface area (Å²) < 4.78 is 12.0. The minimum absolute atomic E-state index is 0.199. The fourth-order valence-corrected chi connectivity index (χ4v) is 3.86. The van der Waals surface area contributed by atoms with Gasteiger partial charge in [-0.1, -0.05) is 29.8 Å². The Bertz CT molecular complexity index is 1330. The molecule has 1 N–H and O–H groups in total. The molecule has 0 aliphatic carbocycles. The number of anilines is 1. The molecule has 1 amide bonds. The molecule has 2 aromatic heterocycles. The van der Waals surface area contributed by atoms with E-state index in [1.807, 2.05) is 17.5 Å². The second-order valence-corrected chi connectivity index (χ2v) is 7.86. The molecular weight excluding hydrogens is 452 g/mol. The number of carbonyl (C=O) groups is 2. The van der Waals surface area contributed by atoms with Crippen LogP contribution in [-0.2, 0) is 9.59 Å². The molecule has 0 unspecified atom stereocenters. The first-order valence-electron chi connectivity index (χ1n) is 9.38. The first-order chi connectivity index (χ1) is 15.4. The minimum Gasteiger partial charge on any atom is -0.493 e. The number of hydrogen-bond acceptors (Lipinski definition) is 7. The zero-order valence-corrected chi connectivity index (χ0v) is 18.6.